The van der Waals surface area contributed by atoms with Crippen LogP contribution in [0.3, 0.4) is 0 Å². The molecule has 1 unspecified atom stereocenters. The number of hydrogen-bond acceptors (Lipinski definition) is 11. The molecule has 0 saturated heterocycles. The molecule has 0 aliphatic heterocycles. The smallest absolute Gasteiger partial charge is 0.246 e. The van der Waals surface area contributed by atoms with Crippen LogP contribution in [0.4, 0.5) is 0 Å². The van der Waals surface area contributed by atoms with Crippen LogP contribution in [0.25, 0.3) is 0 Å². The Morgan fingerprint density at radius 2 is 1.35 bits per heavy atom. The van der Waals surface area contributed by atoms with Crippen molar-refractivity contribution in [1.29, 1.82) is 5.41 Å². The number of nitrogens with one attached hydrogen (secondary N) is 9. The van der Waals surface area contributed by atoms with E-state index in [1.54, 1.807) is 20.9 Å². The molecule has 0 radical (unpaired) electrons. The number of carbonyl (C=O) groups excluding carboxylic acids is 6. The molecular formula is C41H73N11O8. The molecule has 0 heterocycles. The van der Waals surface area contributed by atoms with Gasteiger partial charge in [-0.2, -0.15) is 0 Å². The van der Waals surface area contributed by atoms with E-state index in [2.05, 4.69) is 42.5 Å². The Bertz CT molecular complexity index is 1500. The van der Waals surface area contributed by atoms with Gasteiger partial charge in [0.2, 0.25) is 35.4 Å². The van der Waals surface area contributed by atoms with E-state index in [4.69, 9.17) is 21.6 Å². The first-order chi connectivity index (χ1) is 28.3. The van der Waals surface area contributed by atoms with Crippen LogP contribution in [0.1, 0.15) is 85.6 Å². The van der Waals surface area contributed by atoms with Crippen LogP contribution < -0.4 is 54.0 Å². The maximum absolute atomic E-state index is 13.9. The summed E-state index contributed by atoms with van der Waals surface area (Å²) in [6.07, 6.45) is 2.49. The predicted octanol–water partition coefficient (Wildman–Crippen LogP) is -1.13. The van der Waals surface area contributed by atoms with Crippen molar-refractivity contribution >= 4 is 41.4 Å². The summed E-state index contributed by atoms with van der Waals surface area (Å²) >= 11 is 0. The summed E-state index contributed by atoms with van der Waals surface area (Å²) in [6.45, 7) is 11.5. The quantitative estimate of drug-likeness (QED) is 0.0249. The molecule has 1 aromatic rings. The van der Waals surface area contributed by atoms with Crippen LogP contribution in [0.5, 0.6) is 0 Å². The largest absolute Gasteiger partial charge is 0.394 e. The second kappa shape index (κ2) is 28.6. The standard InChI is InChI=1S/C41H73N11O8/c1-26(2)23-41(5,6)52-38(58)31(22-28-14-9-8-10-15-28)49-37(57)32(24-53)50-39(59)34(27(3)4)51-36(56)30(17-13-19-46-40(43)44)48-35(55)29(16-11-12-18-42)47-33(54)25-60-21-20-45-7/h8-10,14-15,26-27,29-32,34,45,53H,11-13,16-25,42H2,1-7H3,(H,47,54)(H,48,55)(H,49,57)(H,50,59)(H,51,56)(H,52,58)(H4,43,44,46)/t29-,30-,31-,32-,34?/m0/s1. The van der Waals surface area contributed by atoms with Gasteiger partial charge in [0.25, 0.3) is 0 Å². The van der Waals surface area contributed by atoms with Gasteiger partial charge < -0.3 is 63.8 Å². The molecule has 19 heteroatoms. The van der Waals surface area contributed by atoms with E-state index < -0.39 is 83.7 Å². The average molecular weight is 848 g/mol. The van der Waals surface area contributed by atoms with Crippen molar-refractivity contribution in [2.75, 3.05) is 46.5 Å². The summed E-state index contributed by atoms with van der Waals surface area (Å²) in [4.78, 5) is 81.3. The highest BCUT2D eigenvalue weighted by atomic mass is 16.5. The minimum Gasteiger partial charge on any atom is -0.394 e. The fourth-order valence-corrected chi connectivity index (χ4v) is 6.48. The highest BCUT2D eigenvalue weighted by Gasteiger charge is 2.34. The van der Waals surface area contributed by atoms with E-state index in [-0.39, 0.29) is 57.3 Å². The first-order valence-electron chi connectivity index (χ1n) is 20.8. The summed E-state index contributed by atoms with van der Waals surface area (Å²) in [5, 5.41) is 39.6. The average Bonchev–Trinajstić information content (AvgIpc) is 3.17. The van der Waals surface area contributed by atoms with Gasteiger partial charge in [-0.15, -0.1) is 0 Å². The normalized spacial score (nSPS) is 13.9. The number of benzene rings is 1. The van der Waals surface area contributed by atoms with Gasteiger partial charge in [-0.3, -0.25) is 34.2 Å². The Balaban J connectivity index is 3.25. The molecule has 0 aromatic heterocycles. The van der Waals surface area contributed by atoms with Crippen LogP contribution in [0, 0.1) is 17.2 Å². The summed E-state index contributed by atoms with van der Waals surface area (Å²) < 4.78 is 5.35. The SMILES string of the molecule is CNCCOCC(=O)N[C@@H](CCCCN)C(=O)N[C@@H](CCCNC(=N)N)C(=O)NC(C(=O)N[C@@H](CO)C(=O)N[C@@H](Cc1ccccc1)C(=O)NC(C)(C)CC(C)C)C(C)C. The van der Waals surface area contributed by atoms with Gasteiger partial charge in [0.15, 0.2) is 5.96 Å². The van der Waals surface area contributed by atoms with Gasteiger partial charge in [0.1, 0.15) is 36.8 Å². The topological polar surface area (TPSA) is 304 Å². The zero-order chi connectivity index (χ0) is 45.3. The number of nitrogens with two attached hydrogens (primary N) is 2. The predicted molar refractivity (Wildman–Crippen MR) is 230 cm³/mol. The number of unbranched alkanes of at least 4 members (excludes halogenated alkanes) is 1. The second-order valence-electron chi connectivity index (χ2n) is 16.3. The first-order valence-corrected chi connectivity index (χ1v) is 20.8. The molecule has 0 saturated carbocycles. The van der Waals surface area contributed by atoms with Crippen molar-refractivity contribution in [1.82, 2.24) is 42.5 Å². The Morgan fingerprint density at radius 3 is 1.93 bits per heavy atom. The Labute approximate surface area is 355 Å². The molecule has 0 aliphatic carbocycles. The zero-order valence-corrected chi connectivity index (χ0v) is 36.6. The molecule has 6 amide bonds. The fraction of sp³-hybridized carbons (Fsp3) is 0.683. The van der Waals surface area contributed by atoms with E-state index in [1.807, 2.05) is 58.0 Å². The van der Waals surface area contributed by atoms with Crippen molar-refractivity contribution < 1.29 is 38.6 Å². The van der Waals surface area contributed by atoms with E-state index in [0.29, 0.717) is 32.4 Å². The van der Waals surface area contributed by atoms with E-state index in [9.17, 15) is 33.9 Å². The molecule has 0 aliphatic rings. The Morgan fingerprint density at radius 1 is 0.767 bits per heavy atom. The van der Waals surface area contributed by atoms with Crippen molar-refractivity contribution in [3.63, 3.8) is 0 Å². The van der Waals surface area contributed by atoms with Gasteiger partial charge in [-0.25, -0.2) is 0 Å². The first kappa shape index (κ1) is 53.2. The number of rotatable bonds is 30. The van der Waals surface area contributed by atoms with Crippen LogP contribution in [-0.2, 0) is 39.9 Å². The highest BCUT2D eigenvalue weighted by Crippen LogP contribution is 2.16. The summed E-state index contributed by atoms with van der Waals surface area (Å²) in [5.41, 5.74) is 11.3. The van der Waals surface area contributed by atoms with Crippen molar-refractivity contribution in [2.45, 2.75) is 122 Å². The molecule has 0 fully saturated rings. The number of guanidine groups is 1. The number of ether oxygens (including phenoxy) is 1. The van der Waals surface area contributed by atoms with Gasteiger partial charge in [-0.1, -0.05) is 58.0 Å². The fourth-order valence-electron chi connectivity index (χ4n) is 6.48. The van der Waals surface area contributed by atoms with Gasteiger partial charge in [-0.05, 0) is 83.4 Å². The van der Waals surface area contributed by atoms with Crippen LogP contribution in [0.15, 0.2) is 30.3 Å². The lowest BCUT2D eigenvalue weighted by atomic mass is 9.92. The lowest BCUT2D eigenvalue weighted by Gasteiger charge is -2.31. The third kappa shape index (κ3) is 22.0. The van der Waals surface area contributed by atoms with Crippen molar-refractivity contribution in [3.05, 3.63) is 35.9 Å². The third-order valence-corrected chi connectivity index (χ3v) is 9.30. The number of carbonyl (C=O) groups is 6. The maximum atomic E-state index is 13.9. The molecule has 1 aromatic carbocycles. The molecule has 60 heavy (non-hydrogen) atoms. The molecule has 5 atom stereocenters. The molecule has 0 spiro atoms. The molecule has 1 rings (SSSR count). The molecular weight excluding hydrogens is 775 g/mol. The second-order valence-corrected chi connectivity index (χ2v) is 16.3. The third-order valence-electron chi connectivity index (χ3n) is 9.30. The van der Waals surface area contributed by atoms with Crippen molar-refractivity contribution in [2.24, 2.45) is 23.3 Å². The zero-order valence-electron chi connectivity index (χ0n) is 36.6. The van der Waals surface area contributed by atoms with Crippen molar-refractivity contribution in [3.8, 4) is 0 Å². The van der Waals surface area contributed by atoms with E-state index >= 15 is 0 Å². The summed E-state index contributed by atoms with van der Waals surface area (Å²) in [7, 11) is 1.74. The minimum absolute atomic E-state index is 0.0569. The van der Waals surface area contributed by atoms with Gasteiger partial charge >= 0.3 is 0 Å². The highest BCUT2D eigenvalue weighted by molar-refractivity contribution is 5.96. The Hall–Kier alpha value is -4.85. The maximum Gasteiger partial charge on any atom is 0.246 e. The number of amides is 6. The summed E-state index contributed by atoms with van der Waals surface area (Å²) in [5.74, 6) is -4.44. The lowest BCUT2D eigenvalue weighted by Crippen LogP contribution is -2.61. The molecule has 19 nitrogen and oxygen atoms in total. The minimum atomic E-state index is -1.49. The monoisotopic (exact) mass is 848 g/mol. The van der Waals surface area contributed by atoms with E-state index in [1.165, 1.54) is 0 Å². The van der Waals surface area contributed by atoms with Crippen LogP contribution >= 0.6 is 0 Å². The van der Waals surface area contributed by atoms with E-state index in [0.717, 1.165) is 5.56 Å². The van der Waals surface area contributed by atoms with Gasteiger partial charge in [0.05, 0.1) is 13.2 Å². The number of hydrogen-bond donors (Lipinski definition) is 12. The van der Waals surface area contributed by atoms with Gasteiger partial charge in [0, 0.05) is 25.0 Å². The molecule has 0 bridgehead atoms. The number of likely N-dealkylation sites (N-methyl/N-ethyl adjacent to an activating group) is 1. The van der Waals surface area contributed by atoms with Crippen LogP contribution in [-0.4, -0.2) is 129 Å². The number of aliphatic hydroxyl groups is 1. The van der Waals surface area contributed by atoms with Crippen LogP contribution in [0.2, 0.25) is 0 Å². The molecule has 14 N–H and O–H groups in total. The Kier molecular flexibility index (Phi) is 25.3. The summed E-state index contributed by atoms with van der Waals surface area (Å²) in [6, 6.07) is 3.12. The number of aliphatic hydroxyl groups excluding tert-OH is 1. The molecule has 340 valence electrons. The lowest BCUT2D eigenvalue weighted by molar-refractivity contribution is -0.136.